The average molecular weight is 206 g/mol. The summed E-state index contributed by atoms with van der Waals surface area (Å²) < 4.78 is 12.9. The minimum absolute atomic E-state index is 0.178. The van der Waals surface area contributed by atoms with Gasteiger partial charge in [0.1, 0.15) is 5.82 Å². The van der Waals surface area contributed by atoms with Crippen LogP contribution in [-0.4, -0.2) is 10.9 Å². The quantitative estimate of drug-likeness (QED) is 0.771. The molecular formula is C11H11FN2O. The second-order valence-electron chi connectivity index (χ2n) is 3.56. The zero-order valence-electron chi connectivity index (χ0n) is 8.30. The van der Waals surface area contributed by atoms with Gasteiger partial charge < -0.3 is 10.7 Å². The molecule has 0 saturated heterocycles. The number of rotatable bonds is 2. The molecule has 2 aromatic rings. The van der Waals surface area contributed by atoms with Gasteiger partial charge in [-0.15, -0.1) is 0 Å². The largest absolute Gasteiger partial charge is 0.369 e. The molecular weight excluding hydrogens is 195 g/mol. The Kier molecular flexibility index (Phi) is 2.19. The van der Waals surface area contributed by atoms with Crippen molar-refractivity contribution in [3.05, 3.63) is 35.3 Å². The molecule has 78 valence electrons. The van der Waals surface area contributed by atoms with E-state index in [9.17, 15) is 9.18 Å². The molecule has 0 unspecified atom stereocenters. The van der Waals surface area contributed by atoms with Crippen LogP contribution in [0.5, 0.6) is 0 Å². The zero-order chi connectivity index (χ0) is 11.0. The molecule has 0 aliphatic rings. The van der Waals surface area contributed by atoms with E-state index in [4.69, 9.17) is 5.73 Å². The monoisotopic (exact) mass is 206 g/mol. The minimum atomic E-state index is -0.386. The van der Waals surface area contributed by atoms with Crippen LogP contribution in [0.25, 0.3) is 10.9 Å². The van der Waals surface area contributed by atoms with Gasteiger partial charge in [0.2, 0.25) is 5.91 Å². The average Bonchev–Trinajstić information content (AvgIpc) is 2.41. The number of amides is 1. The number of primary amides is 1. The minimum Gasteiger partial charge on any atom is -0.369 e. The van der Waals surface area contributed by atoms with Crippen LogP contribution >= 0.6 is 0 Å². The molecule has 3 nitrogen and oxygen atoms in total. The molecule has 4 heteroatoms. The second-order valence-corrected chi connectivity index (χ2v) is 3.56. The van der Waals surface area contributed by atoms with E-state index in [2.05, 4.69) is 4.98 Å². The standard InChI is InChI=1S/C11H11FN2O/c1-6-9(5-11(13)15)8-3-2-7(12)4-10(8)14-6/h2-4,14H,5H2,1H3,(H2,13,15). The number of hydrogen-bond donors (Lipinski definition) is 2. The first-order chi connectivity index (χ1) is 7.08. The Labute approximate surface area is 86.1 Å². The Hall–Kier alpha value is -1.84. The van der Waals surface area contributed by atoms with Gasteiger partial charge in [-0.3, -0.25) is 4.79 Å². The van der Waals surface area contributed by atoms with Crippen LogP contribution in [0.2, 0.25) is 0 Å². The third kappa shape index (κ3) is 1.70. The van der Waals surface area contributed by atoms with Gasteiger partial charge in [0.25, 0.3) is 0 Å². The number of nitrogens with two attached hydrogens (primary N) is 1. The summed E-state index contributed by atoms with van der Waals surface area (Å²) in [5.74, 6) is -0.683. The molecule has 1 amide bonds. The Morgan fingerprint density at radius 3 is 2.93 bits per heavy atom. The van der Waals surface area contributed by atoms with Crippen LogP contribution in [0.4, 0.5) is 4.39 Å². The maximum absolute atomic E-state index is 12.9. The first kappa shape index (κ1) is 9.71. The SMILES string of the molecule is Cc1[nH]c2cc(F)ccc2c1CC(N)=O. The summed E-state index contributed by atoms with van der Waals surface area (Å²) in [6, 6.07) is 4.44. The maximum Gasteiger partial charge on any atom is 0.221 e. The van der Waals surface area contributed by atoms with Gasteiger partial charge in [0, 0.05) is 16.6 Å². The molecule has 15 heavy (non-hydrogen) atoms. The molecule has 1 aromatic carbocycles. The van der Waals surface area contributed by atoms with Gasteiger partial charge in [-0.2, -0.15) is 0 Å². The van der Waals surface area contributed by atoms with E-state index in [-0.39, 0.29) is 18.1 Å². The molecule has 2 rings (SSSR count). The third-order valence-corrected chi connectivity index (χ3v) is 2.43. The summed E-state index contributed by atoms with van der Waals surface area (Å²) in [4.78, 5) is 13.9. The molecule has 1 aromatic heterocycles. The molecule has 1 heterocycles. The van der Waals surface area contributed by atoms with Crippen molar-refractivity contribution in [2.24, 2.45) is 5.73 Å². The number of aromatic amines is 1. The number of carbonyl (C=O) groups is 1. The first-order valence-corrected chi connectivity index (χ1v) is 4.63. The van der Waals surface area contributed by atoms with E-state index >= 15 is 0 Å². The molecule has 0 bridgehead atoms. The predicted molar refractivity (Wildman–Crippen MR) is 55.9 cm³/mol. The first-order valence-electron chi connectivity index (χ1n) is 4.63. The van der Waals surface area contributed by atoms with Gasteiger partial charge in [-0.1, -0.05) is 0 Å². The molecule has 0 aliphatic heterocycles. The number of benzene rings is 1. The van der Waals surface area contributed by atoms with Gasteiger partial charge >= 0.3 is 0 Å². The van der Waals surface area contributed by atoms with Crippen molar-refractivity contribution in [2.45, 2.75) is 13.3 Å². The van der Waals surface area contributed by atoms with Crippen LogP contribution < -0.4 is 5.73 Å². The number of nitrogens with one attached hydrogen (secondary N) is 1. The fourth-order valence-corrected chi connectivity index (χ4v) is 1.76. The highest BCUT2D eigenvalue weighted by atomic mass is 19.1. The molecule has 0 fully saturated rings. The van der Waals surface area contributed by atoms with E-state index in [1.54, 1.807) is 6.07 Å². The number of aromatic nitrogens is 1. The van der Waals surface area contributed by atoms with Crippen molar-refractivity contribution < 1.29 is 9.18 Å². The summed E-state index contributed by atoms with van der Waals surface area (Å²) >= 11 is 0. The van der Waals surface area contributed by atoms with Gasteiger partial charge in [0.05, 0.1) is 6.42 Å². The van der Waals surface area contributed by atoms with Crippen LogP contribution in [0.1, 0.15) is 11.3 Å². The van der Waals surface area contributed by atoms with E-state index in [1.165, 1.54) is 12.1 Å². The summed E-state index contributed by atoms with van der Waals surface area (Å²) in [5.41, 5.74) is 7.55. The Balaban J connectivity index is 2.63. The number of H-pyrrole nitrogens is 1. The van der Waals surface area contributed by atoms with Crippen LogP contribution in [-0.2, 0) is 11.2 Å². The highest BCUT2D eigenvalue weighted by Crippen LogP contribution is 2.23. The Morgan fingerprint density at radius 1 is 1.53 bits per heavy atom. The van der Waals surface area contributed by atoms with Crippen molar-refractivity contribution in [2.75, 3.05) is 0 Å². The van der Waals surface area contributed by atoms with Crippen molar-refractivity contribution in [3.8, 4) is 0 Å². The van der Waals surface area contributed by atoms with Crippen LogP contribution in [0, 0.1) is 12.7 Å². The van der Waals surface area contributed by atoms with E-state index in [0.29, 0.717) is 5.52 Å². The molecule has 0 atom stereocenters. The lowest BCUT2D eigenvalue weighted by Gasteiger charge is -1.96. The van der Waals surface area contributed by atoms with E-state index in [1.807, 2.05) is 6.92 Å². The lowest BCUT2D eigenvalue weighted by Crippen LogP contribution is -2.13. The van der Waals surface area contributed by atoms with Gasteiger partial charge in [-0.05, 0) is 30.7 Å². The molecule has 0 radical (unpaired) electrons. The molecule has 0 aliphatic carbocycles. The fourth-order valence-electron chi connectivity index (χ4n) is 1.76. The number of aryl methyl sites for hydroxylation is 1. The normalized spacial score (nSPS) is 10.8. The van der Waals surface area contributed by atoms with Crippen molar-refractivity contribution in [3.63, 3.8) is 0 Å². The van der Waals surface area contributed by atoms with Gasteiger partial charge in [0.15, 0.2) is 0 Å². The summed E-state index contributed by atoms with van der Waals surface area (Å²) in [5, 5.41) is 0.854. The molecule has 0 saturated carbocycles. The zero-order valence-corrected chi connectivity index (χ0v) is 8.30. The third-order valence-electron chi connectivity index (χ3n) is 2.43. The van der Waals surface area contributed by atoms with E-state index < -0.39 is 0 Å². The molecule has 3 N–H and O–H groups in total. The number of halogens is 1. The summed E-state index contributed by atoms with van der Waals surface area (Å²) in [7, 11) is 0. The van der Waals surface area contributed by atoms with Crippen molar-refractivity contribution >= 4 is 16.8 Å². The van der Waals surface area contributed by atoms with Crippen molar-refractivity contribution in [1.82, 2.24) is 4.98 Å². The fraction of sp³-hybridized carbons (Fsp3) is 0.182. The van der Waals surface area contributed by atoms with E-state index in [0.717, 1.165) is 16.6 Å². The number of hydrogen-bond acceptors (Lipinski definition) is 1. The highest BCUT2D eigenvalue weighted by molar-refractivity contribution is 5.89. The Morgan fingerprint density at radius 2 is 2.27 bits per heavy atom. The summed E-state index contributed by atoms with van der Waals surface area (Å²) in [6.07, 6.45) is 0.178. The van der Waals surface area contributed by atoms with Crippen molar-refractivity contribution in [1.29, 1.82) is 0 Å². The predicted octanol–water partition coefficient (Wildman–Crippen LogP) is 1.64. The van der Waals surface area contributed by atoms with Crippen LogP contribution in [0.3, 0.4) is 0 Å². The van der Waals surface area contributed by atoms with Crippen LogP contribution in [0.15, 0.2) is 18.2 Å². The van der Waals surface area contributed by atoms with Gasteiger partial charge in [-0.25, -0.2) is 4.39 Å². The smallest absolute Gasteiger partial charge is 0.221 e. The lowest BCUT2D eigenvalue weighted by molar-refractivity contribution is -0.117. The lowest BCUT2D eigenvalue weighted by atomic mass is 10.1. The highest BCUT2D eigenvalue weighted by Gasteiger charge is 2.10. The second kappa shape index (κ2) is 3.38. The topological polar surface area (TPSA) is 58.9 Å². The molecule has 0 spiro atoms. The number of fused-ring (bicyclic) bond motifs is 1. The summed E-state index contributed by atoms with van der Waals surface area (Å²) in [6.45, 7) is 1.84. The Bertz CT molecular complexity index is 531. The maximum atomic E-state index is 12.9. The number of carbonyl (C=O) groups excluding carboxylic acids is 1.